The van der Waals surface area contributed by atoms with Crippen molar-refractivity contribution < 1.29 is 4.74 Å². The fraction of sp³-hybridized carbons (Fsp3) is 0.400. The summed E-state index contributed by atoms with van der Waals surface area (Å²) >= 11 is 3.59. The van der Waals surface area contributed by atoms with E-state index in [0.29, 0.717) is 18.3 Å². The number of hydrogen-bond donors (Lipinski definition) is 1. The lowest BCUT2D eigenvalue weighted by Crippen LogP contribution is -2.26. The molecule has 0 bridgehead atoms. The molecule has 0 amide bonds. The lowest BCUT2D eigenvalue weighted by molar-refractivity contribution is 0.00627. The Balaban J connectivity index is 1.89. The molecule has 0 saturated carbocycles. The molecule has 1 fully saturated rings. The highest BCUT2D eigenvalue weighted by Gasteiger charge is 2.26. The zero-order valence-corrected chi connectivity index (χ0v) is 17.6. The molecule has 28 heavy (non-hydrogen) atoms. The van der Waals surface area contributed by atoms with E-state index in [1.54, 1.807) is 6.21 Å². The molecule has 1 aromatic carbocycles. The van der Waals surface area contributed by atoms with Gasteiger partial charge in [-0.15, -0.1) is 0 Å². The number of aromatic nitrogens is 3. The predicted octanol–water partition coefficient (Wildman–Crippen LogP) is 3.99. The highest BCUT2D eigenvalue weighted by molar-refractivity contribution is 9.10. The van der Waals surface area contributed by atoms with E-state index in [1.165, 1.54) is 0 Å². The zero-order valence-electron chi connectivity index (χ0n) is 16.0. The minimum absolute atomic E-state index is 0.221. The molecule has 0 spiro atoms. The number of hydrogen-bond acceptors (Lipinski definition) is 6. The van der Waals surface area contributed by atoms with E-state index >= 15 is 0 Å². The van der Waals surface area contributed by atoms with Crippen LogP contribution in [0.1, 0.15) is 38.6 Å². The number of nitrogens with zero attached hydrogens (tertiary/aromatic N) is 5. The molecular formula is C20H23BrN6O. The maximum Gasteiger partial charge on any atom is 0.131 e. The number of nitrogens with two attached hydrogens (primary N) is 1. The molecule has 1 saturated heterocycles. The van der Waals surface area contributed by atoms with Crippen molar-refractivity contribution in [3.05, 3.63) is 34.7 Å². The molecule has 1 aliphatic heterocycles. The van der Waals surface area contributed by atoms with E-state index in [9.17, 15) is 0 Å². The SMILES string of the molecule is CC(C=NCc1nc2cnc3ccc(Br)cc3c2n1C1CCO[C@H](C)C1)=NN. The molecule has 7 nitrogen and oxygen atoms in total. The first kappa shape index (κ1) is 19.0. The van der Waals surface area contributed by atoms with E-state index in [-0.39, 0.29) is 6.10 Å². The van der Waals surface area contributed by atoms with Crippen molar-refractivity contribution in [3.63, 3.8) is 0 Å². The second-order valence-corrected chi connectivity index (χ2v) is 8.07. The highest BCUT2D eigenvalue weighted by Crippen LogP contribution is 2.34. The van der Waals surface area contributed by atoms with Crippen LogP contribution in [0.25, 0.3) is 21.9 Å². The molecule has 1 aliphatic rings. The number of ether oxygens (including phenoxy) is 1. The topological polar surface area (TPSA) is 90.7 Å². The first-order chi connectivity index (χ1) is 13.6. The van der Waals surface area contributed by atoms with Gasteiger partial charge in [0, 0.05) is 28.7 Å². The second-order valence-electron chi connectivity index (χ2n) is 7.15. The van der Waals surface area contributed by atoms with E-state index in [2.05, 4.69) is 48.6 Å². The monoisotopic (exact) mass is 442 g/mol. The lowest BCUT2D eigenvalue weighted by atomic mass is 10.0. The summed E-state index contributed by atoms with van der Waals surface area (Å²) in [5.74, 6) is 6.22. The Hall–Kier alpha value is -2.32. The summed E-state index contributed by atoms with van der Waals surface area (Å²) in [4.78, 5) is 14.0. The van der Waals surface area contributed by atoms with Crippen LogP contribution < -0.4 is 5.84 Å². The van der Waals surface area contributed by atoms with Crippen molar-refractivity contribution in [2.75, 3.05) is 6.61 Å². The second kappa shape index (κ2) is 7.97. The number of benzene rings is 1. The van der Waals surface area contributed by atoms with Crippen molar-refractivity contribution in [3.8, 4) is 0 Å². The van der Waals surface area contributed by atoms with E-state index < -0.39 is 0 Å². The molecule has 2 aromatic heterocycles. The third-order valence-electron chi connectivity index (χ3n) is 5.09. The Bertz CT molecular complexity index is 1070. The number of hydrazone groups is 1. The zero-order chi connectivity index (χ0) is 19.7. The van der Waals surface area contributed by atoms with Gasteiger partial charge in [-0.05, 0) is 44.9 Å². The van der Waals surface area contributed by atoms with E-state index in [0.717, 1.165) is 51.7 Å². The van der Waals surface area contributed by atoms with Crippen LogP contribution >= 0.6 is 15.9 Å². The maximum atomic E-state index is 5.78. The van der Waals surface area contributed by atoms with Crippen LogP contribution in [0.5, 0.6) is 0 Å². The van der Waals surface area contributed by atoms with Crippen molar-refractivity contribution in [2.24, 2.45) is 15.9 Å². The summed E-state index contributed by atoms with van der Waals surface area (Å²) in [7, 11) is 0. The van der Waals surface area contributed by atoms with Gasteiger partial charge in [-0.3, -0.25) is 9.98 Å². The van der Waals surface area contributed by atoms with Gasteiger partial charge in [0.2, 0.25) is 0 Å². The lowest BCUT2D eigenvalue weighted by Gasteiger charge is -2.30. The van der Waals surface area contributed by atoms with Crippen LogP contribution in [0.15, 0.2) is 39.0 Å². The molecule has 146 valence electrons. The normalized spacial score (nSPS) is 21.2. The highest BCUT2D eigenvalue weighted by atomic mass is 79.9. The molecule has 2 N–H and O–H groups in total. The van der Waals surface area contributed by atoms with Crippen LogP contribution in [0, 0.1) is 0 Å². The number of halogens is 1. The van der Waals surface area contributed by atoms with Crippen LogP contribution in [-0.4, -0.2) is 39.2 Å². The van der Waals surface area contributed by atoms with Crippen LogP contribution in [0.3, 0.4) is 0 Å². The first-order valence-electron chi connectivity index (χ1n) is 9.38. The van der Waals surface area contributed by atoms with Gasteiger partial charge in [-0.2, -0.15) is 5.10 Å². The minimum Gasteiger partial charge on any atom is -0.378 e. The molecule has 4 rings (SSSR count). The molecule has 1 unspecified atom stereocenters. The van der Waals surface area contributed by atoms with Crippen LogP contribution in [0.2, 0.25) is 0 Å². The van der Waals surface area contributed by atoms with Gasteiger partial charge in [-0.1, -0.05) is 15.9 Å². The average molecular weight is 443 g/mol. The number of rotatable bonds is 4. The van der Waals surface area contributed by atoms with Gasteiger partial charge in [-0.25, -0.2) is 4.98 Å². The number of fused-ring (bicyclic) bond motifs is 3. The standard InChI is InChI=1S/C20H23BrN6O/c1-12(26-22)9-23-11-19-25-18-10-24-17-4-3-14(21)8-16(17)20(18)27(19)15-5-6-28-13(2)7-15/h3-4,8-10,13,15H,5-7,11,22H2,1-2H3/t13-,15?/m1/s1. The van der Waals surface area contributed by atoms with Crippen molar-refractivity contribution >= 4 is 49.8 Å². The van der Waals surface area contributed by atoms with Gasteiger partial charge in [0.25, 0.3) is 0 Å². The number of aliphatic imine (C=N–C) groups is 1. The van der Waals surface area contributed by atoms with Crippen molar-refractivity contribution in [1.29, 1.82) is 0 Å². The Kier molecular flexibility index (Phi) is 5.41. The summed E-state index contributed by atoms with van der Waals surface area (Å²) in [6.07, 6.45) is 5.66. The third-order valence-corrected chi connectivity index (χ3v) is 5.58. The Labute approximate surface area is 171 Å². The predicted molar refractivity (Wildman–Crippen MR) is 116 cm³/mol. The Morgan fingerprint density at radius 2 is 2.29 bits per heavy atom. The van der Waals surface area contributed by atoms with Gasteiger partial charge in [0.05, 0.1) is 35.6 Å². The van der Waals surface area contributed by atoms with Gasteiger partial charge >= 0.3 is 0 Å². The fourth-order valence-electron chi connectivity index (χ4n) is 3.80. The minimum atomic E-state index is 0.221. The quantitative estimate of drug-likeness (QED) is 0.375. The summed E-state index contributed by atoms with van der Waals surface area (Å²) in [5, 5.41) is 4.73. The molecule has 0 aliphatic carbocycles. The summed E-state index contributed by atoms with van der Waals surface area (Å²) in [6, 6.07) is 6.47. The van der Waals surface area contributed by atoms with Gasteiger partial charge in [0.1, 0.15) is 11.3 Å². The fourth-order valence-corrected chi connectivity index (χ4v) is 4.16. The van der Waals surface area contributed by atoms with Gasteiger partial charge < -0.3 is 15.1 Å². The molecule has 2 atom stereocenters. The summed E-state index contributed by atoms with van der Waals surface area (Å²) in [5.41, 5.74) is 3.63. The Morgan fingerprint density at radius 1 is 1.43 bits per heavy atom. The van der Waals surface area contributed by atoms with Crippen LogP contribution in [-0.2, 0) is 11.3 Å². The Morgan fingerprint density at radius 3 is 3.07 bits per heavy atom. The molecule has 0 radical (unpaired) electrons. The molecule has 3 heterocycles. The van der Waals surface area contributed by atoms with Crippen molar-refractivity contribution in [1.82, 2.24) is 14.5 Å². The van der Waals surface area contributed by atoms with Crippen LogP contribution in [0.4, 0.5) is 0 Å². The first-order valence-corrected chi connectivity index (χ1v) is 10.2. The number of pyridine rings is 1. The smallest absolute Gasteiger partial charge is 0.131 e. The largest absolute Gasteiger partial charge is 0.378 e. The number of imidazole rings is 1. The van der Waals surface area contributed by atoms with Crippen molar-refractivity contribution in [2.45, 2.75) is 45.4 Å². The summed E-state index contributed by atoms with van der Waals surface area (Å²) < 4.78 is 9.15. The van der Waals surface area contributed by atoms with Gasteiger partial charge in [0.15, 0.2) is 0 Å². The molecular weight excluding hydrogens is 420 g/mol. The molecule has 8 heteroatoms. The molecule has 3 aromatic rings. The van der Waals surface area contributed by atoms with E-state index in [1.807, 2.05) is 25.3 Å². The maximum absolute atomic E-state index is 5.78. The van der Waals surface area contributed by atoms with E-state index in [4.69, 9.17) is 15.6 Å². The summed E-state index contributed by atoms with van der Waals surface area (Å²) in [6.45, 7) is 5.16. The average Bonchev–Trinajstić information content (AvgIpc) is 3.06. The third kappa shape index (κ3) is 3.66.